The number of halogens is 3. The van der Waals surface area contributed by atoms with E-state index in [1.807, 2.05) is 32.2 Å². The predicted octanol–water partition coefficient (Wildman–Crippen LogP) is 6.71. The number of carbonyl (C=O) groups is 1. The minimum atomic E-state index is -4.71. The lowest BCUT2D eigenvalue weighted by atomic mass is 10.0. The maximum absolute atomic E-state index is 13.0. The lowest BCUT2D eigenvalue weighted by molar-refractivity contribution is -0.274. The number of fused-ring (bicyclic) bond motifs is 1. The number of rotatable bonds is 8. The minimum Gasteiger partial charge on any atom is -0.490 e. The van der Waals surface area contributed by atoms with Gasteiger partial charge in [0.25, 0.3) is 0 Å². The van der Waals surface area contributed by atoms with Gasteiger partial charge in [-0.3, -0.25) is 4.79 Å². The average molecular weight is 538 g/mol. The molecule has 204 valence electrons. The molecule has 0 spiro atoms. The lowest BCUT2D eigenvalue weighted by Gasteiger charge is -2.33. The molecule has 4 aromatic rings. The molecule has 0 bridgehead atoms. The Morgan fingerprint density at radius 3 is 2.31 bits per heavy atom. The number of piperidine rings is 1. The number of hydrogen-bond acceptors (Lipinski definition) is 5. The number of aryl methyl sites for hydroxylation is 3. The van der Waals surface area contributed by atoms with Crippen molar-refractivity contribution in [1.82, 2.24) is 9.61 Å². The molecule has 0 unspecified atom stereocenters. The second-order valence-corrected chi connectivity index (χ2v) is 9.91. The monoisotopic (exact) mass is 537 g/mol. The van der Waals surface area contributed by atoms with Gasteiger partial charge in [0.2, 0.25) is 0 Å². The van der Waals surface area contributed by atoms with Gasteiger partial charge in [-0.25, -0.2) is 4.52 Å². The molecule has 0 N–H and O–H groups in total. The molecule has 6 nitrogen and oxygen atoms in total. The fraction of sp³-hybridized carbons (Fsp3) is 0.333. The highest BCUT2D eigenvalue weighted by atomic mass is 19.4. The fourth-order valence-corrected chi connectivity index (χ4v) is 5.01. The van der Waals surface area contributed by atoms with Crippen LogP contribution in [0.15, 0.2) is 66.9 Å². The van der Waals surface area contributed by atoms with E-state index in [0.717, 1.165) is 54.0 Å². The lowest BCUT2D eigenvalue weighted by Crippen LogP contribution is -2.38. The molecule has 1 aliphatic heterocycles. The van der Waals surface area contributed by atoms with Crippen LogP contribution in [0.25, 0.3) is 5.52 Å². The normalized spacial score (nSPS) is 14.5. The van der Waals surface area contributed by atoms with Gasteiger partial charge in [-0.05, 0) is 79.9 Å². The largest absolute Gasteiger partial charge is 0.573 e. The van der Waals surface area contributed by atoms with Gasteiger partial charge in [0.15, 0.2) is 5.78 Å². The third kappa shape index (κ3) is 6.53. The molecule has 0 aliphatic carbocycles. The highest BCUT2D eigenvalue weighted by Gasteiger charge is 2.31. The van der Waals surface area contributed by atoms with Crippen LogP contribution < -0.4 is 14.4 Å². The van der Waals surface area contributed by atoms with Crippen LogP contribution in [0.3, 0.4) is 0 Å². The summed E-state index contributed by atoms with van der Waals surface area (Å²) in [6, 6.07) is 17.8. The van der Waals surface area contributed by atoms with E-state index < -0.39 is 6.36 Å². The summed E-state index contributed by atoms with van der Waals surface area (Å²) < 4.78 is 48.6. The van der Waals surface area contributed by atoms with E-state index in [2.05, 4.69) is 39.0 Å². The number of hydrogen-bond donors (Lipinski definition) is 0. The van der Waals surface area contributed by atoms with Gasteiger partial charge < -0.3 is 14.4 Å². The first-order valence-corrected chi connectivity index (χ1v) is 13.0. The summed E-state index contributed by atoms with van der Waals surface area (Å²) in [4.78, 5) is 15.3. The summed E-state index contributed by atoms with van der Waals surface area (Å²) in [6.45, 7) is 5.50. The van der Waals surface area contributed by atoms with Crippen molar-refractivity contribution in [3.63, 3.8) is 0 Å². The highest BCUT2D eigenvalue weighted by molar-refractivity contribution is 6.03. The summed E-state index contributed by atoms with van der Waals surface area (Å²) >= 11 is 0. The number of Topliss-reactive ketones (excluding diaryl/α,β-unsaturated/α-hetero) is 1. The van der Waals surface area contributed by atoms with Crippen molar-refractivity contribution in [2.24, 2.45) is 0 Å². The maximum Gasteiger partial charge on any atom is 0.573 e. The molecule has 1 aliphatic rings. The molecule has 2 aromatic heterocycles. The first-order valence-electron chi connectivity index (χ1n) is 13.0. The Morgan fingerprint density at radius 2 is 1.64 bits per heavy atom. The van der Waals surface area contributed by atoms with Crippen molar-refractivity contribution in [3.8, 4) is 11.5 Å². The molecule has 0 saturated carbocycles. The van der Waals surface area contributed by atoms with Gasteiger partial charge in [0.05, 0.1) is 16.8 Å². The molecule has 0 amide bonds. The van der Waals surface area contributed by atoms with Crippen molar-refractivity contribution in [3.05, 3.63) is 89.2 Å². The van der Waals surface area contributed by atoms with E-state index in [4.69, 9.17) is 4.74 Å². The average Bonchev–Trinajstić information content (AvgIpc) is 3.23. The van der Waals surface area contributed by atoms with E-state index in [1.165, 1.54) is 24.3 Å². The molecule has 1 fully saturated rings. The van der Waals surface area contributed by atoms with Gasteiger partial charge in [0, 0.05) is 44.2 Å². The zero-order valence-electron chi connectivity index (χ0n) is 21.9. The van der Waals surface area contributed by atoms with Crippen molar-refractivity contribution in [2.45, 2.75) is 52.0 Å². The van der Waals surface area contributed by atoms with Crippen LogP contribution in [0.1, 0.15) is 46.4 Å². The third-order valence-corrected chi connectivity index (χ3v) is 6.99. The summed E-state index contributed by atoms with van der Waals surface area (Å²) in [5.41, 5.74) is 5.62. The van der Waals surface area contributed by atoms with E-state index in [1.54, 1.807) is 4.52 Å². The van der Waals surface area contributed by atoms with Gasteiger partial charge in [0.1, 0.15) is 17.6 Å². The molecule has 5 rings (SSSR count). The molecule has 3 heterocycles. The Morgan fingerprint density at radius 1 is 0.974 bits per heavy atom. The number of aromatic nitrogens is 2. The van der Waals surface area contributed by atoms with E-state index >= 15 is 0 Å². The summed E-state index contributed by atoms with van der Waals surface area (Å²) in [6.07, 6.45) is -0.153. The number of anilines is 1. The molecule has 1 saturated heterocycles. The van der Waals surface area contributed by atoms with Crippen LogP contribution in [0.4, 0.5) is 18.9 Å². The molecule has 0 atom stereocenters. The summed E-state index contributed by atoms with van der Waals surface area (Å²) in [5, 5.41) is 4.48. The standard InChI is InChI=1S/C30H30F3N3O3/c1-20-13-18-36-27(19-20)29(21(2)34-36)28(37)12-5-22-3-6-23(7-4-22)35-16-14-25(15-17-35)38-24-8-10-26(11-9-24)39-30(31,32)33/h3-4,6-11,13,18-19,25H,5,12,14-17H2,1-2H3. The van der Waals surface area contributed by atoms with Gasteiger partial charge >= 0.3 is 6.36 Å². The molecule has 39 heavy (non-hydrogen) atoms. The number of carbonyl (C=O) groups excluding carboxylic acids is 1. The quantitative estimate of drug-likeness (QED) is 0.234. The predicted molar refractivity (Wildman–Crippen MR) is 143 cm³/mol. The van der Waals surface area contributed by atoms with Crippen LogP contribution >= 0.6 is 0 Å². The third-order valence-electron chi connectivity index (χ3n) is 6.99. The van der Waals surface area contributed by atoms with Crippen molar-refractivity contribution >= 4 is 17.0 Å². The smallest absolute Gasteiger partial charge is 0.490 e. The number of benzene rings is 2. The minimum absolute atomic E-state index is 0.00640. The molecule has 2 aromatic carbocycles. The van der Waals surface area contributed by atoms with Crippen LogP contribution in [0.2, 0.25) is 0 Å². The molecular formula is C30H30F3N3O3. The number of alkyl halides is 3. The molecular weight excluding hydrogens is 507 g/mol. The van der Waals surface area contributed by atoms with Crippen molar-refractivity contribution < 1.29 is 27.4 Å². The first-order chi connectivity index (χ1) is 18.6. The second-order valence-electron chi connectivity index (χ2n) is 9.91. The number of ether oxygens (including phenoxy) is 2. The van der Waals surface area contributed by atoms with Gasteiger partial charge in [-0.2, -0.15) is 5.10 Å². The first kappa shape index (κ1) is 26.6. The topological polar surface area (TPSA) is 56.1 Å². The Labute approximate surface area is 225 Å². The van der Waals surface area contributed by atoms with Crippen molar-refractivity contribution in [1.29, 1.82) is 0 Å². The Kier molecular flexibility index (Phi) is 7.50. The van der Waals surface area contributed by atoms with Crippen LogP contribution in [-0.2, 0) is 6.42 Å². The van der Waals surface area contributed by atoms with Crippen molar-refractivity contribution in [2.75, 3.05) is 18.0 Å². The Bertz CT molecular complexity index is 1440. The van der Waals surface area contributed by atoms with E-state index in [9.17, 15) is 18.0 Å². The van der Waals surface area contributed by atoms with Crippen LogP contribution in [0.5, 0.6) is 11.5 Å². The maximum atomic E-state index is 13.0. The molecule has 9 heteroatoms. The number of ketones is 1. The zero-order chi connectivity index (χ0) is 27.6. The Balaban J connectivity index is 1.11. The SMILES string of the molecule is Cc1ccn2nc(C)c(C(=O)CCc3ccc(N4CCC(Oc5ccc(OC(F)(F)F)cc5)CC4)cc3)c2c1. The highest BCUT2D eigenvalue weighted by Crippen LogP contribution is 2.28. The fourth-order valence-electron chi connectivity index (χ4n) is 5.01. The van der Waals surface area contributed by atoms with E-state index in [-0.39, 0.29) is 17.6 Å². The zero-order valence-corrected chi connectivity index (χ0v) is 21.9. The second kappa shape index (κ2) is 11.0. The number of pyridine rings is 1. The Hall–Kier alpha value is -4.01. The molecule has 0 radical (unpaired) electrons. The van der Waals surface area contributed by atoms with Gasteiger partial charge in [-0.15, -0.1) is 13.2 Å². The number of nitrogens with zero attached hydrogens (tertiary/aromatic N) is 3. The van der Waals surface area contributed by atoms with Crippen LogP contribution in [-0.4, -0.2) is 41.0 Å². The summed E-state index contributed by atoms with van der Waals surface area (Å²) in [5.74, 6) is 0.358. The van der Waals surface area contributed by atoms with E-state index in [0.29, 0.717) is 24.2 Å². The van der Waals surface area contributed by atoms with Crippen LogP contribution in [0, 0.1) is 13.8 Å². The van der Waals surface area contributed by atoms with Gasteiger partial charge in [-0.1, -0.05) is 12.1 Å². The summed E-state index contributed by atoms with van der Waals surface area (Å²) in [7, 11) is 0.